The van der Waals surface area contributed by atoms with Gasteiger partial charge in [-0.15, -0.1) is 0 Å². The van der Waals surface area contributed by atoms with Crippen molar-refractivity contribution in [3.05, 3.63) is 48.0 Å². The third-order valence-corrected chi connectivity index (χ3v) is 2.01. The van der Waals surface area contributed by atoms with Crippen LogP contribution in [0.1, 0.15) is 12.0 Å². The largest absolute Gasteiger partial charge is 0.478 e. The SMILES string of the molecule is C=C(CC(=O)NCc1ccccc1)C(=O)O. The number of amides is 1. The topological polar surface area (TPSA) is 66.4 Å². The third-order valence-electron chi connectivity index (χ3n) is 2.01. The molecule has 0 saturated heterocycles. The number of rotatable bonds is 5. The van der Waals surface area contributed by atoms with Gasteiger partial charge in [-0.1, -0.05) is 36.9 Å². The summed E-state index contributed by atoms with van der Waals surface area (Å²) in [5.74, 6) is -1.48. The quantitative estimate of drug-likeness (QED) is 0.734. The third kappa shape index (κ3) is 3.96. The number of benzene rings is 1. The Morgan fingerprint density at radius 2 is 1.88 bits per heavy atom. The highest BCUT2D eigenvalue weighted by atomic mass is 16.4. The molecule has 1 aromatic rings. The summed E-state index contributed by atoms with van der Waals surface area (Å²) >= 11 is 0. The molecular formula is C12H13NO3. The number of aliphatic carboxylic acids is 1. The van der Waals surface area contributed by atoms with Crippen molar-refractivity contribution in [3.63, 3.8) is 0 Å². The molecule has 0 fully saturated rings. The van der Waals surface area contributed by atoms with Gasteiger partial charge in [-0.25, -0.2) is 4.79 Å². The molecule has 0 spiro atoms. The van der Waals surface area contributed by atoms with E-state index in [2.05, 4.69) is 11.9 Å². The molecule has 4 nitrogen and oxygen atoms in total. The van der Waals surface area contributed by atoms with Crippen molar-refractivity contribution in [1.29, 1.82) is 0 Å². The molecule has 0 aromatic heterocycles. The van der Waals surface area contributed by atoms with Crippen LogP contribution in [0.2, 0.25) is 0 Å². The summed E-state index contributed by atoms with van der Waals surface area (Å²) in [7, 11) is 0. The van der Waals surface area contributed by atoms with Gasteiger partial charge in [0, 0.05) is 12.1 Å². The normalized spacial score (nSPS) is 9.50. The Balaban J connectivity index is 2.36. The molecule has 0 heterocycles. The van der Waals surface area contributed by atoms with E-state index in [-0.39, 0.29) is 17.9 Å². The van der Waals surface area contributed by atoms with Crippen LogP contribution in [0, 0.1) is 0 Å². The lowest BCUT2D eigenvalue weighted by molar-refractivity contribution is -0.134. The first kappa shape index (κ1) is 12.0. The molecular weight excluding hydrogens is 206 g/mol. The number of hydrogen-bond acceptors (Lipinski definition) is 2. The van der Waals surface area contributed by atoms with Crippen LogP contribution in [0.3, 0.4) is 0 Å². The summed E-state index contributed by atoms with van der Waals surface area (Å²) in [4.78, 5) is 21.7. The van der Waals surface area contributed by atoms with E-state index in [1.54, 1.807) is 0 Å². The molecule has 0 aliphatic rings. The Bertz CT molecular complexity index is 398. The molecule has 1 rings (SSSR count). The van der Waals surface area contributed by atoms with Crippen LogP contribution in [-0.4, -0.2) is 17.0 Å². The Morgan fingerprint density at radius 3 is 2.44 bits per heavy atom. The molecule has 2 N–H and O–H groups in total. The van der Waals surface area contributed by atoms with Gasteiger partial charge in [0.15, 0.2) is 0 Å². The standard InChI is InChI=1S/C12H13NO3/c1-9(12(15)16)7-11(14)13-8-10-5-3-2-4-6-10/h2-6H,1,7-8H2,(H,13,14)(H,15,16). The zero-order chi connectivity index (χ0) is 12.0. The maximum absolute atomic E-state index is 11.3. The van der Waals surface area contributed by atoms with E-state index < -0.39 is 5.97 Å². The molecule has 0 saturated carbocycles. The second-order valence-electron chi connectivity index (χ2n) is 3.35. The summed E-state index contributed by atoms with van der Waals surface area (Å²) in [5.41, 5.74) is 0.863. The van der Waals surface area contributed by atoms with E-state index in [4.69, 9.17) is 5.11 Å². The maximum atomic E-state index is 11.3. The first-order chi connectivity index (χ1) is 7.59. The van der Waals surface area contributed by atoms with Crippen molar-refractivity contribution in [1.82, 2.24) is 5.32 Å². The Hall–Kier alpha value is -2.10. The molecule has 4 heteroatoms. The molecule has 0 radical (unpaired) electrons. The van der Waals surface area contributed by atoms with Crippen LogP contribution < -0.4 is 5.32 Å². The minimum absolute atomic E-state index is 0.106. The molecule has 84 valence electrons. The van der Waals surface area contributed by atoms with E-state index in [0.29, 0.717) is 6.54 Å². The van der Waals surface area contributed by atoms with Gasteiger partial charge in [0.1, 0.15) is 0 Å². The molecule has 0 aliphatic carbocycles. The average molecular weight is 219 g/mol. The summed E-state index contributed by atoms with van der Waals surface area (Å²) < 4.78 is 0. The highest BCUT2D eigenvalue weighted by molar-refractivity contribution is 5.93. The van der Waals surface area contributed by atoms with E-state index in [9.17, 15) is 9.59 Å². The van der Waals surface area contributed by atoms with Crippen molar-refractivity contribution in [2.24, 2.45) is 0 Å². The zero-order valence-corrected chi connectivity index (χ0v) is 8.77. The van der Waals surface area contributed by atoms with Crippen molar-refractivity contribution in [3.8, 4) is 0 Å². The van der Waals surface area contributed by atoms with Crippen LogP contribution in [0.5, 0.6) is 0 Å². The maximum Gasteiger partial charge on any atom is 0.331 e. The fourth-order valence-electron chi connectivity index (χ4n) is 1.13. The second-order valence-corrected chi connectivity index (χ2v) is 3.35. The lowest BCUT2D eigenvalue weighted by atomic mass is 10.2. The fourth-order valence-corrected chi connectivity index (χ4v) is 1.13. The summed E-state index contributed by atoms with van der Waals surface area (Å²) in [6, 6.07) is 9.39. The second kappa shape index (κ2) is 5.70. The highest BCUT2D eigenvalue weighted by Crippen LogP contribution is 2.00. The van der Waals surface area contributed by atoms with Gasteiger partial charge in [0.05, 0.1) is 6.42 Å². The molecule has 16 heavy (non-hydrogen) atoms. The van der Waals surface area contributed by atoms with E-state index in [0.717, 1.165) is 5.56 Å². The summed E-state index contributed by atoms with van der Waals surface area (Å²) in [6.07, 6.45) is -0.178. The smallest absolute Gasteiger partial charge is 0.331 e. The number of carbonyl (C=O) groups excluding carboxylic acids is 1. The summed E-state index contributed by atoms with van der Waals surface area (Å²) in [5, 5.41) is 11.2. The number of carboxylic acids is 1. The van der Waals surface area contributed by atoms with Crippen LogP contribution in [0.4, 0.5) is 0 Å². The average Bonchev–Trinajstić information content (AvgIpc) is 2.27. The van der Waals surface area contributed by atoms with Crippen molar-refractivity contribution >= 4 is 11.9 Å². The predicted octanol–water partition coefficient (Wildman–Crippen LogP) is 1.33. The van der Waals surface area contributed by atoms with E-state index in [1.807, 2.05) is 30.3 Å². The molecule has 0 unspecified atom stereocenters. The molecule has 0 bridgehead atoms. The van der Waals surface area contributed by atoms with Crippen LogP contribution in [0.15, 0.2) is 42.5 Å². The molecule has 1 aromatic carbocycles. The first-order valence-electron chi connectivity index (χ1n) is 4.81. The van der Waals surface area contributed by atoms with Crippen molar-refractivity contribution in [2.45, 2.75) is 13.0 Å². The van der Waals surface area contributed by atoms with Gasteiger partial charge in [-0.2, -0.15) is 0 Å². The lowest BCUT2D eigenvalue weighted by Gasteiger charge is -2.04. The fraction of sp³-hybridized carbons (Fsp3) is 0.167. The van der Waals surface area contributed by atoms with Crippen molar-refractivity contribution in [2.75, 3.05) is 0 Å². The van der Waals surface area contributed by atoms with Crippen molar-refractivity contribution < 1.29 is 14.7 Å². The number of carboxylic acid groups (broad SMARTS) is 1. The Kier molecular flexibility index (Phi) is 4.27. The first-order valence-corrected chi connectivity index (χ1v) is 4.81. The van der Waals surface area contributed by atoms with Crippen LogP contribution in [-0.2, 0) is 16.1 Å². The predicted molar refractivity (Wildman–Crippen MR) is 59.7 cm³/mol. The molecule has 0 atom stereocenters. The monoisotopic (exact) mass is 219 g/mol. The lowest BCUT2D eigenvalue weighted by Crippen LogP contribution is -2.24. The van der Waals surface area contributed by atoms with E-state index >= 15 is 0 Å². The minimum atomic E-state index is -1.14. The van der Waals surface area contributed by atoms with Gasteiger partial charge in [-0.05, 0) is 5.56 Å². The van der Waals surface area contributed by atoms with Crippen LogP contribution in [0.25, 0.3) is 0 Å². The zero-order valence-electron chi connectivity index (χ0n) is 8.77. The minimum Gasteiger partial charge on any atom is -0.478 e. The van der Waals surface area contributed by atoms with E-state index in [1.165, 1.54) is 0 Å². The van der Waals surface area contributed by atoms with Gasteiger partial charge in [0.25, 0.3) is 0 Å². The summed E-state index contributed by atoms with van der Waals surface area (Å²) in [6.45, 7) is 3.68. The number of carbonyl (C=O) groups is 2. The number of nitrogens with one attached hydrogen (secondary N) is 1. The number of hydrogen-bond donors (Lipinski definition) is 2. The highest BCUT2D eigenvalue weighted by Gasteiger charge is 2.09. The van der Waals surface area contributed by atoms with Gasteiger partial charge in [0.2, 0.25) is 5.91 Å². The Labute approximate surface area is 93.6 Å². The molecule has 0 aliphatic heterocycles. The van der Waals surface area contributed by atoms with Crippen LogP contribution >= 0.6 is 0 Å². The van der Waals surface area contributed by atoms with Gasteiger partial charge in [-0.3, -0.25) is 4.79 Å². The van der Waals surface area contributed by atoms with Gasteiger partial charge < -0.3 is 10.4 Å². The van der Waals surface area contributed by atoms with Gasteiger partial charge >= 0.3 is 5.97 Å². The molecule has 1 amide bonds. The Morgan fingerprint density at radius 1 is 1.25 bits per heavy atom.